The third-order valence-electron chi connectivity index (χ3n) is 4.39. The Labute approximate surface area is 159 Å². The first-order valence-corrected chi connectivity index (χ1v) is 9.82. The second kappa shape index (κ2) is 8.51. The van der Waals surface area contributed by atoms with Crippen molar-refractivity contribution in [3.63, 3.8) is 0 Å². The SMILES string of the molecule is CCCn1c(SC2CCCCN(C(=O)c3ccc(F)cc3)C2=O)n[nH]c1=O. The van der Waals surface area contributed by atoms with E-state index in [4.69, 9.17) is 0 Å². The molecule has 0 saturated carbocycles. The number of carbonyl (C=O) groups excluding carboxylic acids is 2. The minimum Gasteiger partial charge on any atom is -0.278 e. The molecule has 1 aromatic heterocycles. The Kier molecular flexibility index (Phi) is 6.10. The number of aromatic nitrogens is 3. The number of H-pyrrole nitrogens is 1. The van der Waals surface area contributed by atoms with Crippen molar-refractivity contribution in [1.29, 1.82) is 0 Å². The van der Waals surface area contributed by atoms with Crippen molar-refractivity contribution in [3.8, 4) is 0 Å². The molecule has 1 unspecified atom stereocenters. The summed E-state index contributed by atoms with van der Waals surface area (Å²) in [7, 11) is 0. The summed E-state index contributed by atoms with van der Waals surface area (Å²) in [5.74, 6) is -1.17. The Bertz CT molecular complexity index is 877. The molecule has 1 fully saturated rings. The average molecular weight is 392 g/mol. The lowest BCUT2D eigenvalue weighted by Gasteiger charge is -2.22. The van der Waals surface area contributed by atoms with Gasteiger partial charge in [-0.2, -0.15) is 0 Å². The zero-order valence-corrected chi connectivity index (χ0v) is 15.8. The van der Waals surface area contributed by atoms with Crippen LogP contribution in [-0.2, 0) is 11.3 Å². The van der Waals surface area contributed by atoms with Crippen molar-refractivity contribution in [2.75, 3.05) is 6.54 Å². The molecule has 0 bridgehead atoms. The van der Waals surface area contributed by atoms with Crippen LogP contribution < -0.4 is 5.69 Å². The minimum atomic E-state index is -0.497. The van der Waals surface area contributed by atoms with Crippen LogP contribution in [0.5, 0.6) is 0 Å². The Hall–Kier alpha value is -2.42. The van der Waals surface area contributed by atoms with Gasteiger partial charge in [0.15, 0.2) is 5.16 Å². The normalized spacial score (nSPS) is 17.8. The molecule has 2 amide bonds. The number of thioether (sulfide) groups is 1. The summed E-state index contributed by atoms with van der Waals surface area (Å²) in [5.41, 5.74) is -0.0299. The van der Waals surface area contributed by atoms with Crippen molar-refractivity contribution >= 4 is 23.6 Å². The highest BCUT2D eigenvalue weighted by Gasteiger charge is 2.33. The number of nitrogens with one attached hydrogen (secondary N) is 1. The molecule has 1 saturated heterocycles. The summed E-state index contributed by atoms with van der Waals surface area (Å²) in [4.78, 5) is 38.8. The molecule has 2 aromatic rings. The highest BCUT2D eigenvalue weighted by molar-refractivity contribution is 8.00. The van der Waals surface area contributed by atoms with Crippen molar-refractivity contribution in [2.24, 2.45) is 0 Å². The number of rotatable bonds is 5. The van der Waals surface area contributed by atoms with Crippen molar-refractivity contribution in [2.45, 2.75) is 49.6 Å². The molecular formula is C18H21FN4O3S. The fourth-order valence-electron chi connectivity index (χ4n) is 3.01. The monoisotopic (exact) mass is 392 g/mol. The van der Waals surface area contributed by atoms with Crippen molar-refractivity contribution in [3.05, 3.63) is 46.1 Å². The van der Waals surface area contributed by atoms with Crippen LogP contribution in [0.2, 0.25) is 0 Å². The van der Waals surface area contributed by atoms with Crippen LogP contribution in [0, 0.1) is 5.82 Å². The zero-order valence-electron chi connectivity index (χ0n) is 15.0. The second-order valence-electron chi connectivity index (χ2n) is 6.37. The van der Waals surface area contributed by atoms with E-state index in [1.165, 1.54) is 45.5 Å². The topological polar surface area (TPSA) is 88.1 Å². The molecule has 3 rings (SSSR count). The van der Waals surface area contributed by atoms with E-state index < -0.39 is 17.0 Å². The summed E-state index contributed by atoms with van der Waals surface area (Å²) < 4.78 is 14.6. The summed E-state index contributed by atoms with van der Waals surface area (Å²) in [6, 6.07) is 5.17. The van der Waals surface area contributed by atoms with Gasteiger partial charge in [-0.15, -0.1) is 5.10 Å². The van der Waals surface area contributed by atoms with Gasteiger partial charge in [-0.05, 0) is 43.5 Å². The van der Waals surface area contributed by atoms with E-state index in [1.54, 1.807) is 0 Å². The Morgan fingerprint density at radius 1 is 1.30 bits per heavy atom. The lowest BCUT2D eigenvalue weighted by molar-refractivity contribution is -0.127. The number of amides is 2. The number of benzene rings is 1. The number of nitrogens with zero attached hydrogens (tertiary/aromatic N) is 3. The van der Waals surface area contributed by atoms with E-state index in [-0.39, 0.29) is 17.2 Å². The third-order valence-corrected chi connectivity index (χ3v) is 5.64. The van der Waals surface area contributed by atoms with E-state index in [0.717, 1.165) is 12.8 Å². The Morgan fingerprint density at radius 3 is 2.74 bits per heavy atom. The van der Waals surface area contributed by atoms with Gasteiger partial charge in [0.25, 0.3) is 5.91 Å². The van der Waals surface area contributed by atoms with Gasteiger partial charge in [0.1, 0.15) is 5.82 Å². The smallest absolute Gasteiger partial charge is 0.278 e. The zero-order chi connectivity index (χ0) is 19.4. The molecule has 9 heteroatoms. The Morgan fingerprint density at radius 2 is 2.04 bits per heavy atom. The predicted octanol–water partition coefficient (Wildman–Crippen LogP) is 2.43. The molecule has 1 aromatic carbocycles. The Balaban J connectivity index is 1.81. The molecule has 1 atom stereocenters. The van der Waals surface area contributed by atoms with Crippen LogP contribution in [0.1, 0.15) is 43.0 Å². The highest BCUT2D eigenvalue weighted by atomic mass is 32.2. The number of carbonyl (C=O) groups is 2. The maximum absolute atomic E-state index is 13.1. The predicted molar refractivity (Wildman–Crippen MR) is 99.1 cm³/mol. The van der Waals surface area contributed by atoms with Gasteiger partial charge >= 0.3 is 5.69 Å². The summed E-state index contributed by atoms with van der Waals surface area (Å²) in [6.07, 6.45) is 2.86. The van der Waals surface area contributed by atoms with E-state index in [0.29, 0.717) is 31.1 Å². The highest BCUT2D eigenvalue weighted by Crippen LogP contribution is 2.29. The van der Waals surface area contributed by atoms with Gasteiger partial charge in [0, 0.05) is 18.7 Å². The van der Waals surface area contributed by atoms with Gasteiger partial charge in [0.2, 0.25) is 5.91 Å². The first-order valence-electron chi connectivity index (χ1n) is 8.94. The lowest BCUT2D eigenvalue weighted by Crippen LogP contribution is -2.41. The lowest BCUT2D eigenvalue weighted by atomic mass is 10.2. The molecule has 1 aliphatic heterocycles. The van der Waals surface area contributed by atoms with Gasteiger partial charge in [0.05, 0.1) is 5.25 Å². The molecule has 7 nitrogen and oxygen atoms in total. The number of hydrogen-bond donors (Lipinski definition) is 1. The van der Waals surface area contributed by atoms with E-state index in [1.807, 2.05) is 6.92 Å². The van der Waals surface area contributed by atoms with Crippen LogP contribution in [-0.4, -0.2) is 43.3 Å². The van der Waals surface area contributed by atoms with Crippen LogP contribution in [0.25, 0.3) is 0 Å². The maximum Gasteiger partial charge on any atom is 0.343 e. The average Bonchev–Trinajstić information content (AvgIpc) is 2.89. The summed E-state index contributed by atoms with van der Waals surface area (Å²) >= 11 is 1.21. The molecule has 0 spiro atoms. The molecular weight excluding hydrogens is 371 g/mol. The van der Waals surface area contributed by atoms with Crippen molar-refractivity contribution in [1.82, 2.24) is 19.7 Å². The molecule has 0 aliphatic carbocycles. The van der Waals surface area contributed by atoms with Crippen LogP contribution >= 0.6 is 11.8 Å². The third kappa shape index (κ3) is 4.29. The first kappa shape index (κ1) is 19.3. The first-order chi connectivity index (χ1) is 13.0. The second-order valence-corrected chi connectivity index (χ2v) is 7.54. The van der Waals surface area contributed by atoms with Crippen LogP contribution in [0.4, 0.5) is 4.39 Å². The fourth-order valence-corrected chi connectivity index (χ4v) is 4.17. The molecule has 2 heterocycles. The quantitative estimate of drug-likeness (QED) is 0.790. The number of aromatic amines is 1. The molecule has 1 aliphatic rings. The van der Waals surface area contributed by atoms with Crippen LogP contribution in [0.3, 0.4) is 0 Å². The van der Waals surface area contributed by atoms with Gasteiger partial charge in [-0.25, -0.2) is 14.3 Å². The summed E-state index contributed by atoms with van der Waals surface area (Å²) in [5, 5.41) is 6.40. The van der Waals surface area contributed by atoms with Gasteiger partial charge < -0.3 is 0 Å². The molecule has 0 radical (unpaired) electrons. The van der Waals surface area contributed by atoms with E-state index >= 15 is 0 Å². The minimum absolute atomic E-state index is 0.276. The number of imide groups is 1. The van der Waals surface area contributed by atoms with Crippen LogP contribution in [0.15, 0.2) is 34.2 Å². The number of hydrogen-bond acceptors (Lipinski definition) is 5. The summed E-state index contributed by atoms with van der Waals surface area (Å²) in [6.45, 7) is 2.79. The van der Waals surface area contributed by atoms with Gasteiger partial charge in [-0.1, -0.05) is 25.1 Å². The fraction of sp³-hybridized carbons (Fsp3) is 0.444. The van der Waals surface area contributed by atoms with Crippen molar-refractivity contribution < 1.29 is 14.0 Å². The standard InChI is InChI=1S/C18H21FN4O3S/c1-2-10-23-17(26)20-21-18(23)27-14-5-3-4-11-22(16(14)25)15(24)12-6-8-13(19)9-7-12/h6-9,14H,2-5,10-11H2,1H3,(H,20,26). The largest absolute Gasteiger partial charge is 0.343 e. The van der Waals surface area contributed by atoms with E-state index in [9.17, 15) is 18.8 Å². The number of halogens is 1. The molecule has 27 heavy (non-hydrogen) atoms. The van der Waals surface area contributed by atoms with Gasteiger partial charge in [-0.3, -0.25) is 19.1 Å². The molecule has 144 valence electrons. The van der Waals surface area contributed by atoms with E-state index in [2.05, 4.69) is 10.2 Å². The number of likely N-dealkylation sites (tertiary alicyclic amines) is 1. The molecule has 1 N–H and O–H groups in total. The maximum atomic E-state index is 13.1.